The Morgan fingerprint density at radius 1 is 1.04 bits per heavy atom. The van der Waals surface area contributed by atoms with Gasteiger partial charge in [0.15, 0.2) is 0 Å². The lowest BCUT2D eigenvalue weighted by atomic mass is 10.2. The number of sulfonamides is 1. The molecule has 1 heterocycles. The largest absolute Gasteiger partial charge is 0.497 e. The smallest absolute Gasteiger partial charge is 0.253 e. The Morgan fingerprint density at radius 2 is 1.65 bits per heavy atom. The third kappa shape index (κ3) is 4.23. The van der Waals surface area contributed by atoms with Crippen LogP contribution in [0, 0.1) is 0 Å². The van der Waals surface area contributed by atoms with Crippen LogP contribution in [-0.4, -0.2) is 39.4 Å². The van der Waals surface area contributed by atoms with Gasteiger partial charge in [-0.1, -0.05) is 12.1 Å². The number of nitrogens with one attached hydrogen (secondary N) is 1. The number of rotatable bonds is 6. The van der Waals surface area contributed by atoms with Crippen molar-refractivity contribution in [2.24, 2.45) is 0 Å². The zero-order valence-electron chi connectivity index (χ0n) is 14.6. The minimum absolute atomic E-state index is 0.0439. The molecule has 1 fully saturated rings. The Balaban J connectivity index is 1.65. The molecule has 1 aliphatic rings. The van der Waals surface area contributed by atoms with Crippen molar-refractivity contribution in [3.8, 4) is 5.75 Å². The summed E-state index contributed by atoms with van der Waals surface area (Å²) in [5.41, 5.74) is 1.34. The van der Waals surface area contributed by atoms with E-state index in [2.05, 4.69) is 4.72 Å². The number of carbonyl (C=O) groups excluding carboxylic acids is 1. The van der Waals surface area contributed by atoms with Gasteiger partial charge in [0.1, 0.15) is 5.75 Å². The van der Waals surface area contributed by atoms with Crippen LogP contribution < -0.4 is 9.46 Å². The minimum Gasteiger partial charge on any atom is -0.497 e. The molecule has 138 valence electrons. The van der Waals surface area contributed by atoms with Crippen molar-refractivity contribution in [1.29, 1.82) is 0 Å². The highest BCUT2D eigenvalue weighted by Gasteiger charge is 2.20. The lowest BCUT2D eigenvalue weighted by molar-refractivity contribution is 0.0792. The number of carbonyl (C=O) groups is 1. The molecule has 1 aliphatic heterocycles. The summed E-state index contributed by atoms with van der Waals surface area (Å²) in [4.78, 5) is 14.3. The Morgan fingerprint density at radius 3 is 2.23 bits per heavy atom. The van der Waals surface area contributed by atoms with Crippen LogP contribution in [0.3, 0.4) is 0 Å². The van der Waals surface area contributed by atoms with E-state index in [1.807, 2.05) is 0 Å². The number of hydrogen-bond acceptors (Lipinski definition) is 4. The summed E-state index contributed by atoms with van der Waals surface area (Å²) in [6, 6.07) is 13.3. The maximum absolute atomic E-state index is 12.4. The molecular formula is C19H22N2O4S. The van der Waals surface area contributed by atoms with Gasteiger partial charge in [0.25, 0.3) is 5.91 Å². The van der Waals surface area contributed by atoms with Crippen molar-refractivity contribution < 1.29 is 17.9 Å². The first-order valence-corrected chi connectivity index (χ1v) is 10.00. The first-order chi connectivity index (χ1) is 12.5. The summed E-state index contributed by atoms with van der Waals surface area (Å²) >= 11 is 0. The van der Waals surface area contributed by atoms with Gasteiger partial charge in [0.05, 0.1) is 12.0 Å². The molecule has 0 spiro atoms. The van der Waals surface area contributed by atoms with Crippen LogP contribution in [0.2, 0.25) is 0 Å². The maximum Gasteiger partial charge on any atom is 0.253 e. The van der Waals surface area contributed by atoms with E-state index in [0.29, 0.717) is 5.56 Å². The van der Waals surface area contributed by atoms with Gasteiger partial charge in [-0.2, -0.15) is 0 Å². The van der Waals surface area contributed by atoms with Crippen LogP contribution in [0.1, 0.15) is 28.8 Å². The van der Waals surface area contributed by atoms with Crippen LogP contribution in [0.25, 0.3) is 0 Å². The van der Waals surface area contributed by atoms with Crippen LogP contribution in [0.5, 0.6) is 5.75 Å². The number of amides is 1. The molecule has 0 saturated carbocycles. The lowest BCUT2D eigenvalue weighted by Crippen LogP contribution is -2.27. The predicted molar refractivity (Wildman–Crippen MR) is 98.6 cm³/mol. The van der Waals surface area contributed by atoms with E-state index in [9.17, 15) is 13.2 Å². The fourth-order valence-electron chi connectivity index (χ4n) is 2.88. The average molecular weight is 374 g/mol. The molecule has 1 N–H and O–H groups in total. The monoisotopic (exact) mass is 374 g/mol. The summed E-state index contributed by atoms with van der Waals surface area (Å²) < 4.78 is 32.5. The molecule has 0 aliphatic carbocycles. The third-order valence-electron chi connectivity index (χ3n) is 4.43. The van der Waals surface area contributed by atoms with Crippen molar-refractivity contribution in [2.45, 2.75) is 24.3 Å². The molecular weight excluding hydrogens is 352 g/mol. The van der Waals surface area contributed by atoms with Crippen molar-refractivity contribution in [3.05, 3.63) is 59.7 Å². The molecule has 2 aromatic carbocycles. The van der Waals surface area contributed by atoms with Crippen molar-refractivity contribution >= 4 is 15.9 Å². The number of ether oxygens (including phenoxy) is 1. The first-order valence-electron chi connectivity index (χ1n) is 8.51. The number of likely N-dealkylation sites (tertiary alicyclic amines) is 1. The Labute approximate surface area is 153 Å². The van der Waals surface area contributed by atoms with Crippen molar-refractivity contribution in [1.82, 2.24) is 9.62 Å². The number of nitrogens with zero attached hydrogens (tertiary/aromatic N) is 1. The molecule has 1 saturated heterocycles. The zero-order valence-corrected chi connectivity index (χ0v) is 15.5. The van der Waals surface area contributed by atoms with Crippen LogP contribution in [0.15, 0.2) is 53.4 Å². The summed E-state index contributed by atoms with van der Waals surface area (Å²) in [5, 5.41) is 0. The standard InChI is InChI=1S/C19H22N2O4S/c1-25-17-8-4-15(5-9-17)14-20-26(23,24)18-10-6-16(7-11-18)19(22)21-12-2-3-13-21/h4-11,20H,2-3,12-14H2,1H3. The molecule has 3 rings (SSSR count). The molecule has 1 amide bonds. The first kappa shape index (κ1) is 18.4. The topological polar surface area (TPSA) is 75.7 Å². The second-order valence-corrected chi connectivity index (χ2v) is 7.96. The molecule has 0 unspecified atom stereocenters. The van der Waals surface area contributed by atoms with Gasteiger partial charge < -0.3 is 9.64 Å². The normalized spacial score (nSPS) is 14.4. The zero-order chi connectivity index (χ0) is 18.6. The van der Waals surface area contributed by atoms with Gasteiger partial charge in [0.2, 0.25) is 10.0 Å². The van der Waals surface area contributed by atoms with E-state index in [0.717, 1.165) is 37.2 Å². The van der Waals surface area contributed by atoms with E-state index >= 15 is 0 Å². The van der Waals surface area contributed by atoms with Crippen LogP contribution in [0.4, 0.5) is 0 Å². The second-order valence-electron chi connectivity index (χ2n) is 6.20. The molecule has 0 bridgehead atoms. The van der Waals surface area contributed by atoms with E-state index in [-0.39, 0.29) is 17.3 Å². The summed E-state index contributed by atoms with van der Waals surface area (Å²) in [6.07, 6.45) is 2.04. The minimum atomic E-state index is -3.64. The Kier molecular flexibility index (Phi) is 5.58. The van der Waals surface area contributed by atoms with Crippen LogP contribution >= 0.6 is 0 Å². The average Bonchev–Trinajstić information content (AvgIpc) is 3.21. The molecule has 26 heavy (non-hydrogen) atoms. The number of hydrogen-bond donors (Lipinski definition) is 1. The fourth-order valence-corrected chi connectivity index (χ4v) is 3.90. The van der Waals surface area contributed by atoms with Crippen molar-refractivity contribution in [2.75, 3.05) is 20.2 Å². The third-order valence-corrected chi connectivity index (χ3v) is 5.85. The summed E-state index contributed by atoms with van der Waals surface area (Å²) in [6.45, 7) is 1.71. The second kappa shape index (κ2) is 7.88. The lowest BCUT2D eigenvalue weighted by Gasteiger charge is -2.15. The van der Waals surface area contributed by atoms with Gasteiger partial charge in [-0.25, -0.2) is 13.1 Å². The predicted octanol–water partition coefficient (Wildman–Crippen LogP) is 2.41. The highest BCUT2D eigenvalue weighted by molar-refractivity contribution is 7.89. The van der Waals surface area contributed by atoms with E-state index < -0.39 is 10.0 Å². The van der Waals surface area contributed by atoms with Gasteiger partial charge >= 0.3 is 0 Å². The Bertz CT molecular complexity index is 855. The van der Waals surface area contributed by atoms with E-state index in [4.69, 9.17) is 4.74 Å². The van der Waals surface area contributed by atoms with Gasteiger partial charge in [-0.05, 0) is 54.8 Å². The maximum atomic E-state index is 12.4. The highest BCUT2D eigenvalue weighted by atomic mass is 32.2. The molecule has 6 nitrogen and oxygen atoms in total. The van der Waals surface area contributed by atoms with E-state index in [1.165, 1.54) is 12.1 Å². The number of methoxy groups -OCH3 is 1. The Hall–Kier alpha value is -2.38. The quantitative estimate of drug-likeness (QED) is 0.842. The molecule has 0 atom stereocenters. The van der Waals surface area contributed by atoms with Crippen molar-refractivity contribution in [3.63, 3.8) is 0 Å². The molecule has 0 radical (unpaired) electrons. The van der Waals surface area contributed by atoms with Gasteiger partial charge in [-0.3, -0.25) is 4.79 Å². The SMILES string of the molecule is COc1ccc(CNS(=O)(=O)c2ccc(C(=O)N3CCCC3)cc2)cc1. The molecule has 0 aromatic heterocycles. The highest BCUT2D eigenvalue weighted by Crippen LogP contribution is 2.16. The molecule has 2 aromatic rings. The summed E-state index contributed by atoms with van der Waals surface area (Å²) in [5.74, 6) is 0.674. The molecule has 7 heteroatoms. The van der Waals surface area contributed by atoms with Crippen LogP contribution in [-0.2, 0) is 16.6 Å². The van der Waals surface area contributed by atoms with Gasteiger partial charge in [-0.15, -0.1) is 0 Å². The fraction of sp³-hybridized carbons (Fsp3) is 0.316. The number of benzene rings is 2. The van der Waals surface area contributed by atoms with E-state index in [1.54, 1.807) is 48.4 Å². The van der Waals surface area contributed by atoms with Gasteiger partial charge in [0, 0.05) is 25.2 Å². The summed E-state index contributed by atoms with van der Waals surface area (Å²) in [7, 11) is -2.06.